The molecule has 0 aliphatic carbocycles. The Balaban J connectivity index is 2.07. The van der Waals surface area contributed by atoms with Crippen LogP contribution < -0.4 is 0 Å². The molecule has 2 aromatic rings. The van der Waals surface area contributed by atoms with Gasteiger partial charge in [0.15, 0.2) is 5.16 Å². The van der Waals surface area contributed by atoms with Crippen molar-refractivity contribution in [2.45, 2.75) is 38.4 Å². The van der Waals surface area contributed by atoms with Crippen LogP contribution in [0.2, 0.25) is 0 Å². The lowest BCUT2D eigenvalue weighted by atomic mass is 10.3. The second kappa shape index (κ2) is 6.90. The first-order chi connectivity index (χ1) is 9.60. The lowest BCUT2D eigenvalue weighted by molar-refractivity contribution is -0.133. The maximum absolute atomic E-state index is 10.7. The van der Waals surface area contributed by atoms with E-state index in [1.807, 2.05) is 18.5 Å². The van der Waals surface area contributed by atoms with E-state index in [-0.39, 0.29) is 5.75 Å². The molecule has 0 saturated heterocycles. The van der Waals surface area contributed by atoms with Crippen LogP contribution in [0.15, 0.2) is 16.7 Å². The minimum Gasteiger partial charge on any atom is -0.481 e. The van der Waals surface area contributed by atoms with Gasteiger partial charge >= 0.3 is 5.97 Å². The highest BCUT2D eigenvalue weighted by molar-refractivity contribution is 7.99. The van der Waals surface area contributed by atoms with E-state index in [1.54, 1.807) is 11.3 Å². The van der Waals surface area contributed by atoms with Crippen molar-refractivity contribution in [2.75, 3.05) is 5.75 Å². The molecule has 7 heteroatoms. The molecular weight excluding hydrogens is 294 g/mol. The molecule has 0 aromatic carbocycles. The normalized spacial score (nSPS) is 10.9. The number of thiazole rings is 1. The van der Waals surface area contributed by atoms with Crippen LogP contribution in [0.4, 0.5) is 0 Å². The number of imidazole rings is 1. The molecule has 108 valence electrons. The van der Waals surface area contributed by atoms with Gasteiger partial charge in [0.1, 0.15) is 0 Å². The van der Waals surface area contributed by atoms with Crippen LogP contribution >= 0.6 is 23.1 Å². The van der Waals surface area contributed by atoms with Crippen molar-refractivity contribution in [3.05, 3.63) is 28.0 Å². The smallest absolute Gasteiger partial charge is 0.313 e. The van der Waals surface area contributed by atoms with E-state index in [0.29, 0.717) is 0 Å². The summed E-state index contributed by atoms with van der Waals surface area (Å²) < 4.78 is 2.10. The Labute approximate surface area is 126 Å². The number of aromatic nitrogens is 3. The van der Waals surface area contributed by atoms with Crippen LogP contribution in [-0.2, 0) is 24.2 Å². The summed E-state index contributed by atoms with van der Waals surface area (Å²) in [4.78, 5) is 19.5. The van der Waals surface area contributed by atoms with Gasteiger partial charge < -0.3 is 9.67 Å². The van der Waals surface area contributed by atoms with E-state index in [9.17, 15) is 4.79 Å². The number of nitrogens with zero attached hydrogens (tertiary/aromatic N) is 3. The summed E-state index contributed by atoms with van der Waals surface area (Å²) in [6.45, 7) is 4.85. The van der Waals surface area contributed by atoms with Crippen molar-refractivity contribution in [1.82, 2.24) is 14.5 Å². The number of hydrogen-bond donors (Lipinski definition) is 1. The van der Waals surface area contributed by atoms with Crippen molar-refractivity contribution in [2.24, 2.45) is 0 Å². The first-order valence-corrected chi connectivity index (χ1v) is 8.26. The molecule has 0 aliphatic rings. The molecule has 0 unspecified atom stereocenters. The third kappa shape index (κ3) is 3.83. The topological polar surface area (TPSA) is 68.0 Å². The minimum absolute atomic E-state index is 0.0382. The average molecular weight is 311 g/mol. The van der Waals surface area contributed by atoms with Gasteiger partial charge in [-0.05, 0) is 13.3 Å². The molecule has 2 heterocycles. The largest absolute Gasteiger partial charge is 0.481 e. The van der Waals surface area contributed by atoms with Gasteiger partial charge in [-0.1, -0.05) is 18.7 Å². The van der Waals surface area contributed by atoms with Crippen molar-refractivity contribution in [3.8, 4) is 0 Å². The molecule has 5 nitrogen and oxygen atoms in total. The van der Waals surface area contributed by atoms with Crippen molar-refractivity contribution < 1.29 is 9.90 Å². The van der Waals surface area contributed by atoms with Gasteiger partial charge in [0.25, 0.3) is 0 Å². The van der Waals surface area contributed by atoms with E-state index in [1.165, 1.54) is 11.8 Å². The molecule has 2 rings (SSSR count). The molecule has 0 saturated carbocycles. The fourth-order valence-corrected chi connectivity index (χ4v) is 3.39. The molecule has 0 fully saturated rings. The van der Waals surface area contributed by atoms with Gasteiger partial charge in [0.05, 0.1) is 10.8 Å². The second-order valence-corrected chi connectivity index (χ2v) is 6.24. The molecule has 0 spiro atoms. The Morgan fingerprint density at radius 1 is 1.55 bits per heavy atom. The van der Waals surface area contributed by atoms with Gasteiger partial charge in [-0.25, -0.2) is 9.97 Å². The summed E-state index contributed by atoms with van der Waals surface area (Å²) in [6.07, 6.45) is 3.57. The highest BCUT2D eigenvalue weighted by Crippen LogP contribution is 2.20. The second-order valence-electron chi connectivity index (χ2n) is 4.35. The summed E-state index contributed by atoms with van der Waals surface area (Å²) in [5, 5.41) is 12.7. The number of aryl methyl sites for hydroxylation is 3. The minimum atomic E-state index is -0.821. The average Bonchev–Trinajstić information content (AvgIpc) is 2.99. The predicted octanol–water partition coefficient (Wildman–Crippen LogP) is 2.63. The van der Waals surface area contributed by atoms with Gasteiger partial charge in [0.2, 0.25) is 0 Å². The Hall–Kier alpha value is -1.34. The third-order valence-electron chi connectivity index (χ3n) is 2.80. The van der Waals surface area contributed by atoms with Crippen LogP contribution in [0.3, 0.4) is 0 Å². The molecule has 0 aliphatic heterocycles. The molecular formula is C13H17N3O2S2. The molecule has 0 amide bonds. The maximum Gasteiger partial charge on any atom is 0.313 e. The van der Waals surface area contributed by atoms with Crippen molar-refractivity contribution >= 4 is 29.1 Å². The van der Waals surface area contributed by atoms with E-state index >= 15 is 0 Å². The number of thioether (sulfide) groups is 1. The van der Waals surface area contributed by atoms with E-state index < -0.39 is 5.97 Å². The van der Waals surface area contributed by atoms with E-state index in [4.69, 9.17) is 5.11 Å². The van der Waals surface area contributed by atoms with Crippen LogP contribution in [-0.4, -0.2) is 31.4 Å². The number of carboxylic acid groups (broad SMARTS) is 1. The zero-order valence-corrected chi connectivity index (χ0v) is 13.1. The first-order valence-electron chi connectivity index (χ1n) is 6.40. The van der Waals surface area contributed by atoms with Crippen LogP contribution in [0.25, 0.3) is 0 Å². The number of carbonyl (C=O) groups is 1. The summed E-state index contributed by atoms with van der Waals surface area (Å²) in [6, 6.07) is 0. The molecule has 1 N–H and O–H groups in total. The highest BCUT2D eigenvalue weighted by Gasteiger charge is 2.11. The van der Waals surface area contributed by atoms with Crippen LogP contribution in [0.5, 0.6) is 0 Å². The lowest BCUT2D eigenvalue weighted by Gasteiger charge is -2.09. The van der Waals surface area contributed by atoms with Crippen LogP contribution in [0.1, 0.15) is 23.3 Å². The number of rotatable bonds is 7. The number of aliphatic carboxylic acids is 1. The number of carboxylic acids is 1. The summed E-state index contributed by atoms with van der Waals surface area (Å²) in [5.74, 6) is -0.783. The molecule has 0 radical (unpaired) electrons. The summed E-state index contributed by atoms with van der Waals surface area (Å²) in [5.41, 5.74) is 2.18. The predicted molar refractivity (Wildman–Crippen MR) is 80.5 cm³/mol. The van der Waals surface area contributed by atoms with Gasteiger partial charge in [-0.15, -0.1) is 11.3 Å². The third-order valence-corrected chi connectivity index (χ3v) is 4.81. The Kier molecular flexibility index (Phi) is 5.19. The first kappa shape index (κ1) is 15.1. The van der Waals surface area contributed by atoms with Crippen molar-refractivity contribution in [1.29, 1.82) is 0 Å². The zero-order chi connectivity index (χ0) is 14.5. The van der Waals surface area contributed by atoms with Gasteiger partial charge in [-0.3, -0.25) is 4.79 Å². The maximum atomic E-state index is 10.7. The SMILES string of the molecule is CCc1cnc(SCC(=O)O)n1CCc1nc(C)cs1. The van der Waals surface area contributed by atoms with Gasteiger partial charge in [0, 0.05) is 35.9 Å². The fraction of sp³-hybridized carbons (Fsp3) is 0.462. The monoisotopic (exact) mass is 311 g/mol. The van der Waals surface area contributed by atoms with Crippen molar-refractivity contribution in [3.63, 3.8) is 0 Å². The fourth-order valence-electron chi connectivity index (χ4n) is 1.88. The van der Waals surface area contributed by atoms with Crippen LogP contribution in [0, 0.1) is 6.92 Å². The highest BCUT2D eigenvalue weighted by atomic mass is 32.2. The molecule has 0 atom stereocenters. The molecule has 0 bridgehead atoms. The van der Waals surface area contributed by atoms with E-state index in [0.717, 1.165) is 40.9 Å². The number of hydrogen-bond acceptors (Lipinski definition) is 5. The summed E-state index contributed by atoms with van der Waals surface area (Å²) >= 11 is 2.93. The lowest BCUT2D eigenvalue weighted by Crippen LogP contribution is -2.08. The quantitative estimate of drug-likeness (QED) is 0.796. The Bertz CT molecular complexity index is 592. The standard InChI is InChI=1S/C13H17N3O2S2/c1-3-10-6-14-13(20-8-12(17)18)16(10)5-4-11-15-9(2)7-19-11/h6-7H,3-5,8H2,1-2H3,(H,17,18). The Morgan fingerprint density at radius 3 is 2.95 bits per heavy atom. The Morgan fingerprint density at radius 2 is 2.35 bits per heavy atom. The molecule has 20 heavy (non-hydrogen) atoms. The van der Waals surface area contributed by atoms with E-state index in [2.05, 4.69) is 21.5 Å². The molecule has 2 aromatic heterocycles. The summed E-state index contributed by atoms with van der Waals surface area (Å²) in [7, 11) is 0. The van der Waals surface area contributed by atoms with Gasteiger partial charge in [-0.2, -0.15) is 0 Å². The zero-order valence-electron chi connectivity index (χ0n) is 11.5.